The molecule has 0 unspecified atom stereocenters. The van der Waals surface area contributed by atoms with E-state index in [2.05, 4.69) is 15.5 Å². The first kappa shape index (κ1) is 17.9. The Morgan fingerprint density at radius 2 is 2.08 bits per heavy atom. The summed E-state index contributed by atoms with van der Waals surface area (Å²) >= 11 is 1.25. The lowest BCUT2D eigenvalue weighted by Crippen LogP contribution is -2.41. The van der Waals surface area contributed by atoms with Crippen molar-refractivity contribution in [1.29, 1.82) is 0 Å². The fourth-order valence-corrected chi connectivity index (χ4v) is 5.42. The number of amides is 1. The van der Waals surface area contributed by atoms with Crippen molar-refractivity contribution < 1.29 is 13.2 Å². The topological polar surface area (TPSA) is 98.1 Å². The minimum absolute atomic E-state index is 0.0361. The van der Waals surface area contributed by atoms with Gasteiger partial charge in [0.1, 0.15) is 0 Å². The predicted octanol–water partition coefficient (Wildman–Crippen LogP) is 0.788. The first-order chi connectivity index (χ1) is 11.9. The number of aromatic nitrogens is 4. The van der Waals surface area contributed by atoms with E-state index in [9.17, 15) is 13.2 Å². The summed E-state index contributed by atoms with van der Waals surface area (Å²) in [4.78, 5) is 14.2. The molecule has 1 aliphatic rings. The molecule has 2 heterocycles. The molecule has 0 aliphatic carbocycles. The summed E-state index contributed by atoms with van der Waals surface area (Å²) in [6.45, 7) is 1.77. The Morgan fingerprint density at radius 3 is 2.72 bits per heavy atom. The Balaban J connectivity index is 1.70. The number of rotatable bonds is 5. The zero-order chi connectivity index (χ0) is 18.0. The second-order valence-electron chi connectivity index (χ2n) is 5.97. The lowest BCUT2D eigenvalue weighted by Gasteiger charge is -2.26. The molecular formula is C15H19N5O3S2. The van der Waals surface area contributed by atoms with E-state index < -0.39 is 15.1 Å². The predicted molar refractivity (Wildman–Crippen MR) is 94.3 cm³/mol. The lowest BCUT2D eigenvalue weighted by atomic mass is 10.2. The number of benzene rings is 1. The van der Waals surface area contributed by atoms with E-state index in [0.29, 0.717) is 11.6 Å². The van der Waals surface area contributed by atoms with Crippen molar-refractivity contribution in [1.82, 2.24) is 25.1 Å². The number of sulfone groups is 1. The zero-order valence-corrected chi connectivity index (χ0v) is 15.6. The van der Waals surface area contributed by atoms with Crippen molar-refractivity contribution in [3.8, 4) is 5.69 Å². The van der Waals surface area contributed by atoms with Crippen LogP contribution < -0.4 is 0 Å². The van der Waals surface area contributed by atoms with Gasteiger partial charge in [0.15, 0.2) is 9.84 Å². The molecule has 1 saturated heterocycles. The number of hydrogen-bond donors (Lipinski definition) is 0. The Labute approximate surface area is 150 Å². The van der Waals surface area contributed by atoms with E-state index in [1.54, 1.807) is 23.6 Å². The Bertz CT molecular complexity index is 853. The molecule has 0 saturated carbocycles. The zero-order valence-electron chi connectivity index (χ0n) is 13.9. The molecule has 25 heavy (non-hydrogen) atoms. The lowest BCUT2D eigenvalue weighted by molar-refractivity contribution is -0.130. The minimum Gasteiger partial charge on any atom is -0.341 e. The third-order valence-electron chi connectivity index (χ3n) is 4.18. The van der Waals surface area contributed by atoms with Gasteiger partial charge in [0.25, 0.3) is 0 Å². The summed E-state index contributed by atoms with van der Waals surface area (Å²) in [6, 6.07) is 9.16. The maximum absolute atomic E-state index is 12.6. The Hall–Kier alpha value is -1.94. The summed E-state index contributed by atoms with van der Waals surface area (Å²) in [7, 11) is -1.37. The number of hydrogen-bond acceptors (Lipinski definition) is 7. The minimum atomic E-state index is -3.03. The Kier molecular flexibility index (Phi) is 5.09. The second kappa shape index (κ2) is 7.12. The molecular weight excluding hydrogens is 362 g/mol. The van der Waals surface area contributed by atoms with Crippen LogP contribution in [0.5, 0.6) is 0 Å². The molecule has 10 heteroatoms. The molecule has 1 aromatic carbocycles. The van der Waals surface area contributed by atoms with Gasteiger partial charge in [-0.25, -0.2) is 8.42 Å². The van der Waals surface area contributed by atoms with Crippen LogP contribution in [0.25, 0.3) is 5.69 Å². The van der Waals surface area contributed by atoms with Crippen LogP contribution in [0, 0.1) is 0 Å². The van der Waals surface area contributed by atoms with Crippen molar-refractivity contribution in [2.45, 2.75) is 29.8 Å². The van der Waals surface area contributed by atoms with Gasteiger partial charge in [0, 0.05) is 13.1 Å². The number of nitrogens with zero attached hydrogens (tertiary/aromatic N) is 5. The maximum Gasteiger partial charge on any atom is 0.235 e. The third-order valence-corrected chi connectivity index (χ3v) is 6.95. The van der Waals surface area contributed by atoms with Crippen molar-refractivity contribution in [3.05, 3.63) is 30.3 Å². The van der Waals surface area contributed by atoms with Gasteiger partial charge in [0.05, 0.1) is 22.4 Å². The van der Waals surface area contributed by atoms with Crippen molar-refractivity contribution in [2.24, 2.45) is 0 Å². The third kappa shape index (κ3) is 4.01. The molecule has 1 aromatic heterocycles. The molecule has 2 aromatic rings. The number of carbonyl (C=O) groups is 1. The smallest absolute Gasteiger partial charge is 0.235 e. The summed E-state index contributed by atoms with van der Waals surface area (Å²) < 4.78 is 24.8. The molecule has 1 amide bonds. The van der Waals surface area contributed by atoms with E-state index in [0.717, 1.165) is 5.69 Å². The van der Waals surface area contributed by atoms with E-state index in [-0.39, 0.29) is 23.5 Å². The van der Waals surface area contributed by atoms with E-state index >= 15 is 0 Å². The van der Waals surface area contributed by atoms with Crippen LogP contribution in [0.4, 0.5) is 0 Å². The summed E-state index contributed by atoms with van der Waals surface area (Å²) in [5.74, 6) is 0.0481. The first-order valence-electron chi connectivity index (χ1n) is 7.85. The highest BCUT2D eigenvalue weighted by Gasteiger charge is 2.34. The van der Waals surface area contributed by atoms with Crippen molar-refractivity contribution >= 4 is 27.5 Å². The van der Waals surface area contributed by atoms with Gasteiger partial charge >= 0.3 is 0 Å². The van der Waals surface area contributed by atoms with E-state index in [1.165, 1.54) is 11.8 Å². The van der Waals surface area contributed by atoms with E-state index in [4.69, 9.17) is 0 Å². The number of carbonyl (C=O) groups excluding carboxylic acids is 1. The number of para-hydroxylation sites is 1. The van der Waals surface area contributed by atoms with Crippen LogP contribution in [-0.4, -0.2) is 69.3 Å². The molecule has 0 spiro atoms. The van der Waals surface area contributed by atoms with Crippen molar-refractivity contribution in [2.75, 3.05) is 18.6 Å². The Morgan fingerprint density at radius 1 is 1.36 bits per heavy atom. The largest absolute Gasteiger partial charge is 0.341 e. The number of thioether (sulfide) groups is 1. The fraction of sp³-hybridized carbons (Fsp3) is 0.467. The SMILES string of the molecule is C[C@H](Sc1nnnn1-c1ccccc1)C(=O)N(C)[C@@H]1CCS(=O)(=O)C1. The molecule has 0 bridgehead atoms. The van der Waals surface area contributed by atoms with Gasteiger partial charge in [0.2, 0.25) is 11.1 Å². The highest BCUT2D eigenvalue weighted by atomic mass is 32.2. The average molecular weight is 381 g/mol. The molecule has 1 aliphatic heterocycles. The molecule has 8 nitrogen and oxygen atoms in total. The van der Waals surface area contributed by atoms with Crippen LogP contribution in [0.1, 0.15) is 13.3 Å². The monoisotopic (exact) mass is 381 g/mol. The van der Waals surface area contributed by atoms with Gasteiger partial charge in [-0.15, -0.1) is 5.10 Å². The van der Waals surface area contributed by atoms with Crippen LogP contribution in [-0.2, 0) is 14.6 Å². The highest BCUT2D eigenvalue weighted by molar-refractivity contribution is 8.00. The molecule has 0 N–H and O–H groups in total. The molecule has 134 valence electrons. The van der Waals surface area contributed by atoms with Crippen LogP contribution in [0.3, 0.4) is 0 Å². The summed E-state index contributed by atoms with van der Waals surface area (Å²) in [5, 5.41) is 11.7. The standard InChI is InChI=1S/C15H19N5O3S2/c1-11(14(21)19(2)13-8-9-25(22,23)10-13)24-15-16-17-18-20(15)12-6-4-3-5-7-12/h3-7,11,13H,8-10H2,1-2H3/t11-,13+/m0/s1. The summed E-state index contributed by atoms with van der Waals surface area (Å²) in [6.07, 6.45) is 0.490. The van der Waals surface area contributed by atoms with Crippen molar-refractivity contribution in [3.63, 3.8) is 0 Å². The first-order valence-corrected chi connectivity index (χ1v) is 10.5. The molecule has 3 rings (SSSR count). The second-order valence-corrected chi connectivity index (χ2v) is 9.51. The van der Waals surface area contributed by atoms with Crippen LogP contribution in [0.2, 0.25) is 0 Å². The molecule has 1 fully saturated rings. The van der Waals surface area contributed by atoms with E-state index in [1.807, 2.05) is 30.3 Å². The van der Waals surface area contributed by atoms with Gasteiger partial charge in [-0.3, -0.25) is 4.79 Å². The molecule has 0 radical (unpaired) electrons. The van der Waals surface area contributed by atoms with Crippen LogP contribution >= 0.6 is 11.8 Å². The van der Waals surface area contributed by atoms with Gasteiger partial charge < -0.3 is 4.90 Å². The average Bonchev–Trinajstić information content (AvgIpc) is 3.20. The highest BCUT2D eigenvalue weighted by Crippen LogP contribution is 2.25. The van der Waals surface area contributed by atoms with Gasteiger partial charge in [-0.1, -0.05) is 30.0 Å². The molecule has 2 atom stereocenters. The normalized spacial score (nSPS) is 20.3. The number of tetrazole rings is 1. The maximum atomic E-state index is 12.6. The quantitative estimate of drug-likeness (QED) is 0.706. The van der Waals surface area contributed by atoms with Crippen LogP contribution in [0.15, 0.2) is 35.5 Å². The van der Waals surface area contributed by atoms with Gasteiger partial charge in [-0.2, -0.15) is 4.68 Å². The summed E-state index contributed by atoms with van der Waals surface area (Å²) in [5.41, 5.74) is 0.810. The fourth-order valence-electron chi connectivity index (χ4n) is 2.74. The van der Waals surface area contributed by atoms with Gasteiger partial charge in [-0.05, 0) is 35.9 Å².